The summed E-state index contributed by atoms with van der Waals surface area (Å²) < 4.78 is 12.6. The molecule has 8 nitrogen and oxygen atoms in total. The van der Waals surface area contributed by atoms with Gasteiger partial charge < -0.3 is 14.8 Å². The molecule has 140 valence electrons. The second kappa shape index (κ2) is 7.36. The van der Waals surface area contributed by atoms with Crippen LogP contribution in [0.15, 0.2) is 60.8 Å². The number of methoxy groups -OCH3 is 1. The SMILES string of the molecule is COc1ccccc1Oc1ccc(NC(=O)c2nc3nccc(C)n3n2)cc1. The van der Waals surface area contributed by atoms with Crippen LogP contribution in [-0.2, 0) is 0 Å². The number of anilines is 1. The third-order valence-electron chi connectivity index (χ3n) is 4.04. The van der Waals surface area contributed by atoms with E-state index in [2.05, 4.69) is 20.4 Å². The van der Waals surface area contributed by atoms with E-state index in [1.807, 2.05) is 31.2 Å². The third-order valence-corrected chi connectivity index (χ3v) is 4.04. The standard InChI is InChI=1S/C20H17N5O3/c1-13-11-12-21-20-23-18(24-25(13)20)19(26)22-14-7-9-15(10-8-14)28-17-6-4-3-5-16(17)27-2/h3-12H,1-2H3,(H,22,26). The molecular weight excluding hydrogens is 358 g/mol. The Labute approximate surface area is 160 Å². The van der Waals surface area contributed by atoms with Gasteiger partial charge in [-0.05, 0) is 49.4 Å². The van der Waals surface area contributed by atoms with Gasteiger partial charge in [0.25, 0.3) is 11.7 Å². The summed E-state index contributed by atoms with van der Waals surface area (Å²) in [6.07, 6.45) is 1.63. The van der Waals surface area contributed by atoms with E-state index in [4.69, 9.17) is 9.47 Å². The predicted molar refractivity (Wildman–Crippen MR) is 103 cm³/mol. The number of carbonyl (C=O) groups is 1. The van der Waals surface area contributed by atoms with Crippen LogP contribution in [0.1, 0.15) is 16.3 Å². The van der Waals surface area contributed by atoms with Gasteiger partial charge in [-0.25, -0.2) is 9.50 Å². The summed E-state index contributed by atoms with van der Waals surface area (Å²) in [5, 5.41) is 6.96. The van der Waals surface area contributed by atoms with Crippen molar-refractivity contribution in [3.8, 4) is 17.2 Å². The lowest BCUT2D eigenvalue weighted by Crippen LogP contribution is -2.14. The van der Waals surface area contributed by atoms with Crippen molar-refractivity contribution in [1.82, 2.24) is 19.6 Å². The number of ether oxygens (including phenoxy) is 2. The van der Waals surface area contributed by atoms with Crippen LogP contribution >= 0.6 is 0 Å². The minimum Gasteiger partial charge on any atom is -0.493 e. The van der Waals surface area contributed by atoms with E-state index < -0.39 is 5.91 Å². The summed E-state index contributed by atoms with van der Waals surface area (Å²) in [6.45, 7) is 1.87. The van der Waals surface area contributed by atoms with Gasteiger partial charge in [0, 0.05) is 17.6 Å². The van der Waals surface area contributed by atoms with Crippen LogP contribution in [0.2, 0.25) is 0 Å². The highest BCUT2D eigenvalue weighted by Gasteiger charge is 2.14. The van der Waals surface area contributed by atoms with Gasteiger partial charge in [0.15, 0.2) is 11.5 Å². The fourth-order valence-corrected chi connectivity index (χ4v) is 2.63. The van der Waals surface area contributed by atoms with Gasteiger partial charge in [-0.2, -0.15) is 4.98 Å². The maximum absolute atomic E-state index is 12.4. The van der Waals surface area contributed by atoms with E-state index in [0.717, 1.165) is 5.69 Å². The van der Waals surface area contributed by atoms with E-state index in [0.29, 0.717) is 28.7 Å². The fourth-order valence-electron chi connectivity index (χ4n) is 2.63. The van der Waals surface area contributed by atoms with Crippen LogP contribution in [0.4, 0.5) is 5.69 Å². The molecule has 0 aliphatic carbocycles. The zero-order chi connectivity index (χ0) is 19.5. The predicted octanol–water partition coefficient (Wildman–Crippen LogP) is 3.49. The molecule has 1 amide bonds. The van der Waals surface area contributed by atoms with Crippen molar-refractivity contribution in [2.45, 2.75) is 6.92 Å². The van der Waals surface area contributed by atoms with Crippen LogP contribution < -0.4 is 14.8 Å². The van der Waals surface area contributed by atoms with Crippen LogP contribution in [0.3, 0.4) is 0 Å². The van der Waals surface area contributed by atoms with Crippen molar-refractivity contribution in [3.63, 3.8) is 0 Å². The molecule has 28 heavy (non-hydrogen) atoms. The minimum absolute atomic E-state index is 0.0520. The molecule has 0 aliphatic heterocycles. The Morgan fingerprint density at radius 1 is 1.04 bits per heavy atom. The zero-order valence-corrected chi connectivity index (χ0v) is 15.3. The number of hydrogen-bond acceptors (Lipinski definition) is 6. The van der Waals surface area contributed by atoms with E-state index in [9.17, 15) is 4.79 Å². The van der Waals surface area contributed by atoms with Gasteiger partial charge in [0.05, 0.1) is 7.11 Å². The fraction of sp³-hybridized carbons (Fsp3) is 0.100. The number of nitrogens with zero attached hydrogens (tertiary/aromatic N) is 4. The number of aryl methyl sites for hydroxylation is 1. The first-order chi connectivity index (χ1) is 13.6. The molecule has 1 N–H and O–H groups in total. The molecule has 0 bridgehead atoms. The van der Waals surface area contributed by atoms with Crippen LogP contribution in [0.25, 0.3) is 5.78 Å². The molecule has 0 atom stereocenters. The summed E-state index contributed by atoms with van der Waals surface area (Å²) in [6, 6.07) is 16.2. The molecule has 0 spiro atoms. The average Bonchev–Trinajstić information content (AvgIpc) is 3.16. The molecule has 8 heteroatoms. The van der Waals surface area contributed by atoms with E-state index >= 15 is 0 Å². The summed E-state index contributed by atoms with van der Waals surface area (Å²) in [4.78, 5) is 20.7. The second-order valence-electron chi connectivity index (χ2n) is 5.96. The van der Waals surface area contributed by atoms with Gasteiger partial charge in [-0.1, -0.05) is 12.1 Å². The first-order valence-corrected chi connectivity index (χ1v) is 8.55. The number of para-hydroxylation sites is 2. The first-order valence-electron chi connectivity index (χ1n) is 8.55. The highest BCUT2D eigenvalue weighted by atomic mass is 16.5. The first kappa shape index (κ1) is 17.5. The van der Waals surface area contributed by atoms with Crippen molar-refractivity contribution < 1.29 is 14.3 Å². The smallest absolute Gasteiger partial charge is 0.295 e. The molecule has 4 aromatic rings. The van der Waals surface area contributed by atoms with Crippen molar-refractivity contribution in [3.05, 3.63) is 72.3 Å². The lowest BCUT2D eigenvalue weighted by atomic mass is 10.3. The van der Waals surface area contributed by atoms with Crippen molar-refractivity contribution in [2.75, 3.05) is 12.4 Å². The van der Waals surface area contributed by atoms with Gasteiger partial charge >= 0.3 is 0 Å². The average molecular weight is 375 g/mol. The van der Waals surface area contributed by atoms with E-state index in [-0.39, 0.29) is 5.82 Å². The van der Waals surface area contributed by atoms with Crippen molar-refractivity contribution in [2.24, 2.45) is 0 Å². The zero-order valence-electron chi connectivity index (χ0n) is 15.3. The number of aromatic nitrogens is 4. The maximum atomic E-state index is 12.4. The molecule has 0 saturated heterocycles. The maximum Gasteiger partial charge on any atom is 0.295 e. The number of nitrogens with one attached hydrogen (secondary N) is 1. The van der Waals surface area contributed by atoms with Crippen LogP contribution in [0.5, 0.6) is 17.2 Å². The Morgan fingerprint density at radius 2 is 1.79 bits per heavy atom. The number of hydrogen-bond donors (Lipinski definition) is 1. The lowest BCUT2D eigenvalue weighted by molar-refractivity contribution is 0.101. The number of carbonyl (C=O) groups excluding carboxylic acids is 1. The number of rotatable bonds is 5. The molecule has 2 heterocycles. The highest BCUT2D eigenvalue weighted by Crippen LogP contribution is 2.31. The quantitative estimate of drug-likeness (QED) is 0.574. The molecule has 0 unspecified atom stereocenters. The lowest BCUT2D eigenvalue weighted by Gasteiger charge is -2.10. The molecule has 2 aromatic carbocycles. The molecule has 0 aliphatic rings. The van der Waals surface area contributed by atoms with Gasteiger partial charge in [0.1, 0.15) is 5.75 Å². The van der Waals surface area contributed by atoms with Crippen molar-refractivity contribution in [1.29, 1.82) is 0 Å². The Kier molecular flexibility index (Phi) is 4.59. The molecule has 4 rings (SSSR count). The monoisotopic (exact) mass is 375 g/mol. The van der Waals surface area contributed by atoms with Crippen LogP contribution in [-0.4, -0.2) is 32.6 Å². The Morgan fingerprint density at radius 3 is 2.50 bits per heavy atom. The normalized spacial score (nSPS) is 10.6. The number of amides is 1. The van der Waals surface area contributed by atoms with Gasteiger partial charge in [-0.15, -0.1) is 5.10 Å². The Hall–Kier alpha value is -3.94. The minimum atomic E-state index is -0.414. The molecule has 0 radical (unpaired) electrons. The molecule has 0 fully saturated rings. The number of benzene rings is 2. The third kappa shape index (κ3) is 3.48. The topological polar surface area (TPSA) is 90.6 Å². The summed E-state index contributed by atoms with van der Waals surface area (Å²) in [5.41, 5.74) is 1.44. The summed E-state index contributed by atoms with van der Waals surface area (Å²) >= 11 is 0. The Bertz CT molecular complexity index is 1140. The molecular formula is C20H17N5O3. The van der Waals surface area contributed by atoms with E-state index in [1.165, 1.54) is 4.52 Å². The Balaban J connectivity index is 1.48. The van der Waals surface area contributed by atoms with Crippen molar-refractivity contribution >= 4 is 17.4 Å². The van der Waals surface area contributed by atoms with E-state index in [1.54, 1.807) is 43.6 Å². The molecule has 2 aromatic heterocycles. The van der Waals surface area contributed by atoms with Crippen LogP contribution in [0, 0.1) is 6.92 Å². The second-order valence-corrected chi connectivity index (χ2v) is 5.96. The van der Waals surface area contributed by atoms with Gasteiger partial charge in [-0.3, -0.25) is 4.79 Å². The summed E-state index contributed by atoms with van der Waals surface area (Å²) in [7, 11) is 1.59. The highest BCUT2D eigenvalue weighted by molar-refractivity contribution is 6.01. The summed E-state index contributed by atoms with van der Waals surface area (Å²) in [5.74, 6) is 1.89. The number of fused-ring (bicyclic) bond motifs is 1. The molecule has 0 saturated carbocycles. The van der Waals surface area contributed by atoms with Gasteiger partial charge in [0.2, 0.25) is 5.82 Å². The largest absolute Gasteiger partial charge is 0.493 e.